The van der Waals surface area contributed by atoms with Gasteiger partial charge < -0.3 is 9.64 Å². The molecule has 1 fully saturated rings. The first-order valence-electron chi connectivity index (χ1n) is 15.2. The smallest absolute Gasteiger partial charge is 0.182 e. The number of rotatable bonds is 4. The zero-order valence-corrected chi connectivity index (χ0v) is 29.2. The molecule has 4 rings (SSSR count). The average molecular weight is 608 g/mol. The molecule has 238 valence electrons. The summed E-state index contributed by atoms with van der Waals surface area (Å²) >= 11 is 0. The van der Waals surface area contributed by atoms with Crippen molar-refractivity contribution in [2.24, 2.45) is 5.92 Å². The van der Waals surface area contributed by atoms with Gasteiger partial charge in [-0.25, -0.2) is 23.7 Å². The van der Waals surface area contributed by atoms with E-state index in [2.05, 4.69) is 84.1 Å². The summed E-state index contributed by atoms with van der Waals surface area (Å²) in [7, 11) is 2.66. The molecule has 1 aliphatic rings. The highest BCUT2D eigenvalue weighted by molar-refractivity contribution is 7.16. The molecule has 0 aliphatic carbocycles. The van der Waals surface area contributed by atoms with E-state index in [4.69, 9.17) is 4.74 Å². The van der Waals surface area contributed by atoms with Crippen LogP contribution in [-0.2, 0) is 4.74 Å². The van der Waals surface area contributed by atoms with Crippen molar-refractivity contribution >= 4 is 14.9 Å². The van der Waals surface area contributed by atoms with Crippen LogP contribution in [0.3, 0.4) is 0 Å². The minimum absolute atomic E-state index is 0.127. The van der Waals surface area contributed by atoms with Gasteiger partial charge in [-0.3, -0.25) is 4.40 Å². The Kier molecular flexibility index (Phi) is 19.1. The number of piperidine rings is 1. The number of aryl methyl sites for hydroxylation is 2. The fourth-order valence-electron chi connectivity index (χ4n) is 3.77. The van der Waals surface area contributed by atoms with Crippen molar-refractivity contribution < 1.29 is 13.5 Å². The number of hydrogen-bond acceptors (Lipinski definition) is 5. The Morgan fingerprint density at radius 3 is 2.12 bits per heavy atom. The van der Waals surface area contributed by atoms with Crippen LogP contribution in [0.1, 0.15) is 99.4 Å². The number of ether oxygens (including phenoxy) is 1. The molecule has 0 saturated carbocycles. The minimum atomic E-state index is -0.427. The van der Waals surface area contributed by atoms with Gasteiger partial charge in [0.05, 0.1) is 17.6 Å². The lowest BCUT2D eigenvalue weighted by Gasteiger charge is -2.36. The number of fused-ring (bicyclic) bond motifs is 1. The molecule has 4 heterocycles. The number of likely N-dealkylation sites (tertiary alicyclic amines) is 1. The Bertz CT molecular complexity index is 1170. The molecule has 3 aromatic rings. The summed E-state index contributed by atoms with van der Waals surface area (Å²) in [5.41, 5.74) is 1.50. The number of pyridine rings is 1. The van der Waals surface area contributed by atoms with Crippen LogP contribution in [0.4, 0.5) is 8.78 Å². The van der Waals surface area contributed by atoms with Crippen LogP contribution in [0.5, 0.6) is 0 Å². The summed E-state index contributed by atoms with van der Waals surface area (Å²) in [5, 5.41) is 0. The maximum absolute atomic E-state index is 13.5. The summed E-state index contributed by atoms with van der Waals surface area (Å²) < 4.78 is 34.1. The molecule has 0 radical (unpaired) electrons. The molecule has 3 aromatic heterocycles. The monoisotopic (exact) mass is 607 g/mol. The average Bonchev–Trinajstić information content (AvgIpc) is 3.35. The second-order valence-corrected chi connectivity index (χ2v) is 11.6. The normalized spacial score (nSPS) is 14.1. The van der Waals surface area contributed by atoms with Crippen LogP contribution in [0.15, 0.2) is 37.0 Å². The van der Waals surface area contributed by atoms with Gasteiger partial charge in [-0.2, -0.15) is 0 Å². The van der Waals surface area contributed by atoms with E-state index < -0.39 is 5.82 Å². The Morgan fingerprint density at radius 2 is 1.64 bits per heavy atom. The van der Waals surface area contributed by atoms with Gasteiger partial charge in [0, 0.05) is 19.3 Å². The van der Waals surface area contributed by atoms with E-state index in [1.165, 1.54) is 44.1 Å². The quantitative estimate of drug-likeness (QED) is 0.218. The molecule has 9 heteroatoms. The second-order valence-electron chi connectivity index (χ2n) is 11.0. The first-order chi connectivity index (χ1) is 19.8. The molecule has 2 atom stereocenters. The second kappa shape index (κ2) is 20.3. The molecule has 1 aliphatic heterocycles. The Labute approximate surface area is 256 Å². The van der Waals surface area contributed by atoms with Crippen molar-refractivity contribution in [1.29, 1.82) is 0 Å². The largest absolute Gasteiger partial charge is 0.474 e. The number of aromatic nitrogens is 4. The summed E-state index contributed by atoms with van der Waals surface area (Å²) in [6.45, 7) is 28.2. The van der Waals surface area contributed by atoms with E-state index in [0.717, 1.165) is 24.9 Å². The molecule has 0 aromatic carbocycles. The van der Waals surface area contributed by atoms with Crippen LogP contribution in [-0.4, -0.2) is 49.1 Å². The van der Waals surface area contributed by atoms with E-state index in [-0.39, 0.29) is 22.8 Å². The molecular formula is C33H56F2N5OP. The van der Waals surface area contributed by atoms with E-state index >= 15 is 0 Å². The highest BCUT2D eigenvalue weighted by atomic mass is 31.0. The van der Waals surface area contributed by atoms with Crippen molar-refractivity contribution in [2.45, 2.75) is 107 Å². The highest BCUT2D eigenvalue weighted by Gasteiger charge is 2.21. The molecule has 0 N–H and O–H groups in total. The summed E-state index contributed by atoms with van der Waals surface area (Å²) in [6, 6.07) is 2.89. The predicted octanol–water partition coefficient (Wildman–Crippen LogP) is 9.40. The minimum Gasteiger partial charge on any atom is -0.474 e. The lowest BCUT2D eigenvalue weighted by molar-refractivity contribution is -0.00667. The molecule has 2 unspecified atom stereocenters. The third-order valence-corrected chi connectivity index (χ3v) is 6.18. The number of nitrogens with zero attached hydrogens (tertiary/aromatic N) is 5. The fourth-order valence-corrected chi connectivity index (χ4v) is 3.77. The Hall–Kier alpha value is -2.60. The van der Waals surface area contributed by atoms with Crippen LogP contribution in [0, 0.1) is 31.4 Å². The molecular weight excluding hydrogens is 551 g/mol. The van der Waals surface area contributed by atoms with E-state index in [0.29, 0.717) is 17.2 Å². The van der Waals surface area contributed by atoms with Gasteiger partial charge in [0.2, 0.25) is 0 Å². The van der Waals surface area contributed by atoms with Gasteiger partial charge in [-0.1, -0.05) is 54.4 Å². The third-order valence-electron chi connectivity index (χ3n) is 5.60. The summed E-state index contributed by atoms with van der Waals surface area (Å²) in [6.07, 6.45) is 9.20. The van der Waals surface area contributed by atoms with E-state index in [1.807, 2.05) is 13.8 Å². The fraction of sp³-hybridized carbons (Fsp3) is 0.606. The molecule has 6 nitrogen and oxygen atoms in total. The summed E-state index contributed by atoms with van der Waals surface area (Å²) in [4.78, 5) is 14.6. The topological polar surface area (TPSA) is 55.5 Å². The first kappa shape index (κ1) is 39.4. The maximum atomic E-state index is 13.5. The maximum Gasteiger partial charge on any atom is 0.182 e. The first-order valence-corrected chi connectivity index (χ1v) is 16.1. The lowest BCUT2D eigenvalue weighted by Crippen LogP contribution is -2.36. The third kappa shape index (κ3) is 14.0. The molecule has 0 amide bonds. The van der Waals surface area contributed by atoms with Crippen molar-refractivity contribution in [3.8, 4) is 11.5 Å². The van der Waals surface area contributed by atoms with Crippen molar-refractivity contribution in [3.63, 3.8) is 0 Å². The number of imidazole rings is 1. The molecule has 42 heavy (non-hydrogen) atoms. The summed E-state index contributed by atoms with van der Waals surface area (Å²) in [5.74, 6) is 1.12. The standard InChI is InChI=1S/C13H10F2N4.C12H23NO.C3H9P.C3H8.C2H6/c1-7-12(15)8(2)18-13(17-7)10-5-16-11-4-3-9(14)6-19(10)11;1-10-7-6-8-13(9-10)11(2)14-12(3,4)5;1-2-3-4;1-3-2;1-2/h3-6H,1-2H3;10H,2,6-9H2,1,3-5H3;2-4H2,1H3;3H2,1-2H3;1-2H3. The van der Waals surface area contributed by atoms with Gasteiger partial charge in [0.25, 0.3) is 0 Å². The van der Waals surface area contributed by atoms with E-state index in [1.54, 1.807) is 30.5 Å². The van der Waals surface area contributed by atoms with Gasteiger partial charge in [-0.15, -0.1) is 9.24 Å². The molecule has 1 saturated heterocycles. The number of halogens is 2. The van der Waals surface area contributed by atoms with Gasteiger partial charge in [0.15, 0.2) is 17.5 Å². The van der Waals surface area contributed by atoms with Crippen LogP contribution in [0.25, 0.3) is 17.2 Å². The van der Waals surface area contributed by atoms with Crippen LogP contribution >= 0.6 is 9.24 Å². The Balaban J connectivity index is 0.000000643. The predicted molar refractivity (Wildman–Crippen MR) is 178 cm³/mol. The van der Waals surface area contributed by atoms with Crippen molar-refractivity contribution in [1.82, 2.24) is 24.3 Å². The van der Waals surface area contributed by atoms with Crippen molar-refractivity contribution in [2.75, 3.05) is 19.3 Å². The van der Waals surface area contributed by atoms with Crippen LogP contribution < -0.4 is 0 Å². The lowest BCUT2D eigenvalue weighted by atomic mass is 10.0. The molecule has 0 spiro atoms. The number of hydrogen-bond donors (Lipinski definition) is 0. The van der Waals surface area contributed by atoms with Crippen molar-refractivity contribution in [3.05, 3.63) is 60.0 Å². The SMILES string of the molecule is C=C(OC(C)(C)C)N1CCCC(C)C1.CC.CCC.CCCP.Cc1nc(-c2cnc3ccc(F)cn23)nc(C)c1F. The highest BCUT2D eigenvalue weighted by Crippen LogP contribution is 2.23. The Morgan fingerprint density at radius 1 is 1.10 bits per heavy atom. The van der Waals surface area contributed by atoms with Gasteiger partial charge in [-0.05, 0) is 78.3 Å². The van der Waals surface area contributed by atoms with Gasteiger partial charge >= 0.3 is 0 Å². The van der Waals surface area contributed by atoms with Gasteiger partial charge in [0.1, 0.15) is 22.8 Å². The zero-order chi connectivity index (χ0) is 32.5. The van der Waals surface area contributed by atoms with E-state index in [9.17, 15) is 8.78 Å². The molecule has 0 bridgehead atoms. The zero-order valence-electron chi connectivity index (χ0n) is 28.0. The van der Waals surface area contributed by atoms with Crippen LogP contribution in [0.2, 0.25) is 0 Å².